The van der Waals surface area contributed by atoms with Crippen molar-refractivity contribution < 1.29 is 13.2 Å². The van der Waals surface area contributed by atoms with Gasteiger partial charge in [-0.3, -0.25) is 0 Å². The van der Waals surface area contributed by atoms with Crippen molar-refractivity contribution in [2.24, 2.45) is 10.1 Å². The van der Waals surface area contributed by atoms with Crippen LogP contribution < -0.4 is 15.8 Å². The first kappa shape index (κ1) is 17.2. The van der Waals surface area contributed by atoms with Crippen LogP contribution in [0.5, 0.6) is 5.75 Å². The van der Waals surface area contributed by atoms with Crippen molar-refractivity contribution >= 4 is 21.7 Å². The quantitative estimate of drug-likeness (QED) is 0.843. The molecule has 3 rings (SSSR count). The molecule has 1 aliphatic heterocycles. The molecule has 1 aromatic carbocycles. The second-order valence-electron chi connectivity index (χ2n) is 6.51. The van der Waals surface area contributed by atoms with Crippen LogP contribution in [0.1, 0.15) is 25.0 Å². The number of pyridine rings is 1. The molecule has 3 N–H and O–H groups in total. The second kappa shape index (κ2) is 6.36. The van der Waals surface area contributed by atoms with E-state index in [9.17, 15) is 8.42 Å². The Kier molecular flexibility index (Phi) is 4.38. The lowest BCUT2D eigenvalue weighted by Crippen LogP contribution is -2.38. The van der Waals surface area contributed by atoms with Gasteiger partial charge in [0.2, 0.25) is 0 Å². The number of aromatic nitrogens is 1. The molecule has 8 heteroatoms. The van der Waals surface area contributed by atoms with Crippen LogP contribution in [0.3, 0.4) is 0 Å². The topological polar surface area (TPSA) is 107 Å². The van der Waals surface area contributed by atoms with E-state index in [0.717, 1.165) is 5.82 Å². The molecule has 0 atom stereocenters. The fourth-order valence-corrected chi connectivity index (χ4v) is 3.70. The molecule has 7 nitrogen and oxygen atoms in total. The van der Waals surface area contributed by atoms with Gasteiger partial charge in [-0.05, 0) is 37.6 Å². The average molecular weight is 360 g/mol. The summed E-state index contributed by atoms with van der Waals surface area (Å²) in [6.45, 7) is 4.30. The van der Waals surface area contributed by atoms with Gasteiger partial charge in [-0.1, -0.05) is 18.2 Å². The summed E-state index contributed by atoms with van der Waals surface area (Å²) in [5.41, 5.74) is 6.60. The third-order valence-corrected chi connectivity index (χ3v) is 4.81. The number of rotatable bonds is 5. The predicted molar refractivity (Wildman–Crippen MR) is 97.2 cm³/mol. The largest absolute Gasteiger partial charge is 0.490 e. The van der Waals surface area contributed by atoms with Crippen molar-refractivity contribution in [3.05, 3.63) is 53.7 Å². The molecule has 0 unspecified atom stereocenters. The highest BCUT2D eigenvalue weighted by Crippen LogP contribution is 2.28. The molecule has 2 heterocycles. The van der Waals surface area contributed by atoms with Crippen LogP contribution in [0, 0.1) is 0 Å². The summed E-state index contributed by atoms with van der Waals surface area (Å²) in [5, 5.41) is 3.30. The first-order valence-corrected chi connectivity index (χ1v) is 9.39. The Morgan fingerprint density at radius 1 is 1.24 bits per heavy atom. The van der Waals surface area contributed by atoms with E-state index in [1.165, 1.54) is 0 Å². The van der Waals surface area contributed by atoms with Crippen molar-refractivity contribution in [1.82, 2.24) is 4.98 Å². The van der Waals surface area contributed by atoms with E-state index in [0.29, 0.717) is 23.5 Å². The van der Waals surface area contributed by atoms with Crippen LogP contribution in [0.2, 0.25) is 0 Å². The van der Waals surface area contributed by atoms with Gasteiger partial charge in [0.05, 0.1) is 16.9 Å². The molecule has 1 aromatic heterocycles. The second-order valence-corrected chi connectivity index (χ2v) is 8.14. The summed E-state index contributed by atoms with van der Waals surface area (Å²) in [6.07, 6.45) is 1.71. The number of fused-ring (bicyclic) bond motifs is 1. The van der Waals surface area contributed by atoms with E-state index < -0.39 is 15.6 Å². The number of hydrogen-bond donors (Lipinski definition) is 2. The lowest BCUT2D eigenvalue weighted by Gasteiger charge is -2.28. The highest BCUT2D eigenvalue weighted by Gasteiger charge is 2.26. The number of amidine groups is 1. The molecular weight excluding hydrogens is 340 g/mol. The van der Waals surface area contributed by atoms with Gasteiger partial charge >= 0.3 is 0 Å². The number of nitrogens with zero attached hydrogens (tertiary/aromatic N) is 2. The molecule has 0 fully saturated rings. The first-order chi connectivity index (χ1) is 11.8. The van der Waals surface area contributed by atoms with Crippen LogP contribution in [-0.2, 0) is 15.8 Å². The zero-order valence-electron chi connectivity index (χ0n) is 14.1. The first-order valence-electron chi connectivity index (χ1n) is 7.78. The van der Waals surface area contributed by atoms with E-state index in [1.807, 2.05) is 32.0 Å². The molecule has 25 heavy (non-hydrogen) atoms. The normalized spacial score (nSPS) is 15.8. The Hall–Kier alpha value is -2.61. The number of hydrogen-bond acceptors (Lipinski definition) is 6. The predicted octanol–water partition coefficient (Wildman–Crippen LogP) is 1.90. The van der Waals surface area contributed by atoms with Crippen molar-refractivity contribution in [3.8, 4) is 5.75 Å². The van der Waals surface area contributed by atoms with Crippen LogP contribution in [-0.4, -0.2) is 31.4 Å². The third kappa shape index (κ3) is 4.08. The number of anilines is 1. The molecule has 1 aliphatic rings. The number of benzene rings is 1. The highest BCUT2D eigenvalue weighted by molar-refractivity contribution is 7.89. The molecule has 0 aliphatic carbocycles. The molecule has 2 aromatic rings. The Morgan fingerprint density at radius 3 is 2.76 bits per heavy atom. The van der Waals surface area contributed by atoms with Gasteiger partial charge in [-0.15, -0.1) is 4.40 Å². The molecule has 132 valence electrons. The van der Waals surface area contributed by atoms with E-state index >= 15 is 0 Å². The zero-order valence-corrected chi connectivity index (χ0v) is 14.9. The Labute approximate surface area is 147 Å². The Balaban J connectivity index is 1.79. The maximum atomic E-state index is 11.7. The van der Waals surface area contributed by atoms with Crippen LogP contribution in [0.4, 0.5) is 5.82 Å². The van der Waals surface area contributed by atoms with Gasteiger partial charge in [-0.2, -0.15) is 0 Å². The number of ether oxygens (including phenoxy) is 1. The summed E-state index contributed by atoms with van der Waals surface area (Å²) in [4.78, 5) is 4.24. The van der Waals surface area contributed by atoms with Crippen LogP contribution >= 0.6 is 0 Å². The van der Waals surface area contributed by atoms with Crippen molar-refractivity contribution in [2.75, 3.05) is 11.9 Å². The molecule has 0 radical (unpaired) electrons. The number of nitrogens with two attached hydrogens (primary N) is 1. The summed E-state index contributed by atoms with van der Waals surface area (Å²) in [7, 11) is -3.56. The van der Waals surface area contributed by atoms with E-state index in [-0.39, 0.29) is 11.6 Å². The van der Waals surface area contributed by atoms with Crippen LogP contribution in [0.15, 0.2) is 47.0 Å². The van der Waals surface area contributed by atoms with Gasteiger partial charge < -0.3 is 15.8 Å². The minimum absolute atomic E-state index is 0.0349. The molecule has 0 amide bonds. The lowest BCUT2D eigenvalue weighted by molar-refractivity contribution is 0.255. The molecule has 0 bridgehead atoms. The summed E-state index contributed by atoms with van der Waals surface area (Å²) < 4.78 is 33.0. The molecular formula is C17H20N4O3S. The van der Waals surface area contributed by atoms with Crippen molar-refractivity contribution in [3.63, 3.8) is 0 Å². The monoisotopic (exact) mass is 360 g/mol. The fraction of sp³-hybridized carbons (Fsp3) is 0.294. The van der Waals surface area contributed by atoms with E-state index in [1.54, 1.807) is 24.4 Å². The summed E-state index contributed by atoms with van der Waals surface area (Å²) in [5.74, 6) is 1.06. The van der Waals surface area contributed by atoms with Gasteiger partial charge in [-0.25, -0.2) is 13.4 Å². The van der Waals surface area contributed by atoms with Gasteiger partial charge in [0.25, 0.3) is 10.0 Å². The van der Waals surface area contributed by atoms with E-state index in [4.69, 9.17) is 10.5 Å². The third-order valence-electron chi connectivity index (χ3n) is 3.66. The summed E-state index contributed by atoms with van der Waals surface area (Å²) in [6, 6.07) is 10.9. The van der Waals surface area contributed by atoms with Crippen molar-refractivity contribution in [2.45, 2.75) is 25.1 Å². The highest BCUT2D eigenvalue weighted by atomic mass is 32.2. The summed E-state index contributed by atoms with van der Waals surface area (Å²) >= 11 is 0. The zero-order chi connectivity index (χ0) is 18.1. The minimum Gasteiger partial charge on any atom is -0.490 e. The number of sulfonamides is 1. The van der Waals surface area contributed by atoms with Gasteiger partial charge in [0.1, 0.15) is 24.0 Å². The maximum Gasteiger partial charge on any atom is 0.259 e. The Morgan fingerprint density at radius 2 is 2.04 bits per heavy atom. The smallest absolute Gasteiger partial charge is 0.259 e. The minimum atomic E-state index is -3.56. The SMILES string of the molecule is CC(C)(COc1cccc2c1C(N)=NS(=O)(=O)C2)Nc1ccccn1. The maximum absolute atomic E-state index is 11.7. The average Bonchev–Trinajstić information content (AvgIpc) is 2.52. The van der Waals surface area contributed by atoms with E-state index in [2.05, 4.69) is 14.7 Å². The lowest BCUT2D eigenvalue weighted by atomic mass is 10.1. The molecule has 0 spiro atoms. The van der Waals surface area contributed by atoms with Crippen molar-refractivity contribution in [1.29, 1.82) is 0 Å². The van der Waals surface area contributed by atoms with Gasteiger partial charge in [0, 0.05) is 6.20 Å². The van der Waals surface area contributed by atoms with Crippen LogP contribution in [0.25, 0.3) is 0 Å². The molecule has 0 saturated heterocycles. The fourth-order valence-electron chi connectivity index (χ4n) is 2.61. The number of nitrogens with one attached hydrogen (secondary N) is 1. The standard InChI is InChI=1S/C17H20N4O3S/c1-17(2,20-14-8-3-4-9-19-14)11-24-13-7-5-6-12-10-25(22,23)21-16(18)15(12)13/h3-9H,10-11H2,1-2H3,(H2,18,21)(H,19,20). The van der Waals surface area contributed by atoms with Gasteiger partial charge in [0.15, 0.2) is 0 Å². The Bertz CT molecular complexity index is 909. The molecule has 0 saturated carbocycles.